The second-order valence-corrected chi connectivity index (χ2v) is 4.60. The standard InChI is InChI=1S/C14H12ClFN2O3/c1-21-7-2-3-9(15)12(4-7)18-13-6-10(16)8(14(19)20)5-11(13)17/h2-6,18H,17H2,1H3,(H,19,20). The number of benzene rings is 2. The van der Waals surface area contributed by atoms with Crippen molar-refractivity contribution < 1.29 is 19.0 Å². The zero-order valence-electron chi connectivity index (χ0n) is 11.0. The molecule has 0 heterocycles. The Morgan fingerprint density at radius 2 is 2.05 bits per heavy atom. The molecule has 0 amide bonds. The van der Waals surface area contributed by atoms with Crippen LogP contribution in [-0.2, 0) is 0 Å². The van der Waals surface area contributed by atoms with Crippen LogP contribution < -0.4 is 15.8 Å². The van der Waals surface area contributed by atoms with E-state index < -0.39 is 17.3 Å². The van der Waals surface area contributed by atoms with Gasteiger partial charge in [-0.05, 0) is 18.2 Å². The molecule has 0 aliphatic carbocycles. The molecule has 21 heavy (non-hydrogen) atoms. The van der Waals surface area contributed by atoms with Crippen molar-refractivity contribution in [3.63, 3.8) is 0 Å². The van der Waals surface area contributed by atoms with E-state index in [2.05, 4.69) is 5.32 Å². The van der Waals surface area contributed by atoms with Crippen molar-refractivity contribution in [2.45, 2.75) is 0 Å². The van der Waals surface area contributed by atoms with Gasteiger partial charge in [0.1, 0.15) is 11.6 Å². The van der Waals surface area contributed by atoms with Crippen LogP contribution in [0.15, 0.2) is 30.3 Å². The Balaban J connectivity index is 2.40. The average Bonchev–Trinajstić information content (AvgIpc) is 2.44. The van der Waals surface area contributed by atoms with Crippen LogP contribution in [0, 0.1) is 5.82 Å². The van der Waals surface area contributed by atoms with Crippen molar-refractivity contribution in [1.29, 1.82) is 0 Å². The van der Waals surface area contributed by atoms with Gasteiger partial charge in [0.2, 0.25) is 0 Å². The first kappa shape index (κ1) is 14.9. The van der Waals surface area contributed by atoms with Crippen LogP contribution in [-0.4, -0.2) is 18.2 Å². The molecule has 0 spiro atoms. The maximum atomic E-state index is 13.7. The van der Waals surface area contributed by atoms with Crippen molar-refractivity contribution >= 4 is 34.6 Å². The zero-order chi connectivity index (χ0) is 15.6. The first-order valence-electron chi connectivity index (χ1n) is 5.85. The summed E-state index contributed by atoms with van der Waals surface area (Å²) in [5, 5.41) is 12.1. The first-order valence-corrected chi connectivity index (χ1v) is 6.23. The molecular weight excluding hydrogens is 299 g/mol. The molecule has 0 aliphatic heterocycles. The second kappa shape index (κ2) is 5.88. The number of carboxylic acid groups (broad SMARTS) is 1. The van der Waals surface area contributed by atoms with E-state index in [1.165, 1.54) is 7.11 Å². The van der Waals surface area contributed by atoms with Gasteiger partial charge in [0, 0.05) is 12.1 Å². The number of carbonyl (C=O) groups is 1. The molecule has 0 fully saturated rings. The van der Waals surface area contributed by atoms with Gasteiger partial charge in [-0.25, -0.2) is 9.18 Å². The summed E-state index contributed by atoms with van der Waals surface area (Å²) in [6.45, 7) is 0. The first-order chi connectivity index (χ1) is 9.92. The summed E-state index contributed by atoms with van der Waals surface area (Å²) in [6.07, 6.45) is 0. The number of nitrogen functional groups attached to an aromatic ring is 1. The summed E-state index contributed by atoms with van der Waals surface area (Å²) in [5.74, 6) is -1.72. The molecule has 0 saturated heterocycles. The monoisotopic (exact) mass is 310 g/mol. The van der Waals surface area contributed by atoms with Crippen LogP contribution in [0.25, 0.3) is 0 Å². The van der Waals surface area contributed by atoms with Gasteiger partial charge in [-0.2, -0.15) is 0 Å². The third kappa shape index (κ3) is 3.17. The number of aromatic carboxylic acids is 1. The van der Waals surface area contributed by atoms with E-state index in [-0.39, 0.29) is 11.4 Å². The van der Waals surface area contributed by atoms with Gasteiger partial charge < -0.3 is 20.9 Å². The predicted molar refractivity (Wildman–Crippen MR) is 79.1 cm³/mol. The fourth-order valence-electron chi connectivity index (χ4n) is 1.73. The Labute approximate surface area is 125 Å². The van der Waals surface area contributed by atoms with Crippen LogP contribution in [0.1, 0.15) is 10.4 Å². The number of carboxylic acids is 1. The Hall–Kier alpha value is -2.47. The van der Waals surface area contributed by atoms with Gasteiger partial charge in [-0.15, -0.1) is 0 Å². The molecule has 0 radical (unpaired) electrons. The molecule has 0 bridgehead atoms. The third-order valence-corrected chi connectivity index (χ3v) is 3.14. The van der Waals surface area contributed by atoms with Gasteiger partial charge >= 0.3 is 5.97 Å². The minimum absolute atomic E-state index is 0.0905. The molecule has 0 saturated carbocycles. The SMILES string of the molecule is COc1ccc(Cl)c(Nc2cc(F)c(C(=O)O)cc2N)c1. The molecule has 0 atom stereocenters. The molecule has 0 unspecified atom stereocenters. The Kier molecular flexibility index (Phi) is 4.18. The Morgan fingerprint density at radius 1 is 1.33 bits per heavy atom. The Morgan fingerprint density at radius 3 is 2.67 bits per heavy atom. The lowest BCUT2D eigenvalue weighted by Gasteiger charge is -2.13. The fourth-order valence-corrected chi connectivity index (χ4v) is 1.90. The highest BCUT2D eigenvalue weighted by molar-refractivity contribution is 6.33. The van der Waals surface area contributed by atoms with Gasteiger partial charge in [0.25, 0.3) is 0 Å². The van der Waals surface area contributed by atoms with E-state index in [0.717, 1.165) is 12.1 Å². The number of rotatable bonds is 4. The van der Waals surface area contributed by atoms with Gasteiger partial charge in [0.05, 0.1) is 34.8 Å². The van der Waals surface area contributed by atoms with Gasteiger partial charge in [0.15, 0.2) is 0 Å². The van der Waals surface area contributed by atoms with E-state index in [0.29, 0.717) is 16.5 Å². The summed E-state index contributed by atoms with van der Waals surface area (Å²) in [4.78, 5) is 10.8. The summed E-state index contributed by atoms with van der Waals surface area (Å²) < 4.78 is 18.8. The molecule has 110 valence electrons. The molecule has 2 aromatic carbocycles. The molecule has 7 heteroatoms. The van der Waals surface area contributed by atoms with Crippen LogP contribution in [0.3, 0.4) is 0 Å². The van der Waals surface area contributed by atoms with Crippen LogP contribution in [0.5, 0.6) is 5.75 Å². The van der Waals surface area contributed by atoms with Gasteiger partial charge in [-0.3, -0.25) is 0 Å². The molecular formula is C14H12ClFN2O3. The molecule has 5 nitrogen and oxygen atoms in total. The van der Waals surface area contributed by atoms with E-state index in [1.807, 2.05) is 0 Å². The van der Waals surface area contributed by atoms with Crippen molar-refractivity contribution in [1.82, 2.24) is 0 Å². The maximum Gasteiger partial charge on any atom is 0.338 e. The van der Waals surface area contributed by atoms with Crippen molar-refractivity contribution in [3.05, 3.63) is 46.7 Å². The normalized spacial score (nSPS) is 10.2. The fraction of sp³-hybridized carbons (Fsp3) is 0.0714. The van der Waals surface area contributed by atoms with E-state index in [9.17, 15) is 9.18 Å². The smallest absolute Gasteiger partial charge is 0.338 e. The van der Waals surface area contributed by atoms with Crippen molar-refractivity contribution in [3.8, 4) is 5.75 Å². The summed E-state index contributed by atoms with van der Waals surface area (Å²) in [7, 11) is 1.50. The molecule has 0 aliphatic rings. The predicted octanol–water partition coefficient (Wildman–Crippen LogP) is 3.51. The second-order valence-electron chi connectivity index (χ2n) is 4.20. The number of halogens is 2. The number of ether oxygens (including phenoxy) is 1. The van der Waals surface area contributed by atoms with Crippen molar-refractivity contribution in [2.24, 2.45) is 0 Å². The van der Waals surface area contributed by atoms with Crippen LogP contribution in [0.4, 0.5) is 21.5 Å². The summed E-state index contributed by atoms with van der Waals surface area (Å²) >= 11 is 6.03. The lowest BCUT2D eigenvalue weighted by atomic mass is 10.1. The highest BCUT2D eigenvalue weighted by atomic mass is 35.5. The van der Waals surface area contributed by atoms with Crippen LogP contribution >= 0.6 is 11.6 Å². The van der Waals surface area contributed by atoms with E-state index in [1.54, 1.807) is 18.2 Å². The summed E-state index contributed by atoms with van der Waals surface area (Å²) in [5.41, 5.74) is 6.01. The number of hydrogen-bond donors (Lipinski definition) is 3. The lowest BCUT2D eigenvalue weighted by molar-refractivity contribution is 0.0692. The zero-order valence-corrected chi connectivity index (χ0v) is 11.7. The third-order valence-electron chi connectivity index (χ3n) is 2.81. The number of nitrogens with one attached hydrogen (secondary N) is 1. The van der Waals surface area contributed by atoms with E-state index >= 15 is 0 Å². The van der Waals surface area contributed by atoms with E-state index in [4.69, 9.17) is 27.2 Å². The molecule has 0 aromatic heterocycles. The van der Waals surface area contributed by atoms with Gasteiger partial charge in [-0.1, -0.05) is 11.6 Å². The number of anilines is 3. The highest BCUT2D eigenvalue weighted by Crippen LogP contribution is 2.32. The topological polar surface area (TPSA) is 84.6 Å². The minimum atomic E-state index is -1.38. The Bertz CT molecular complexity index is 707. The number of hydrogen-bond acceptors (Lipinski definition) is 4. The quantitative estimate of drug-likeness (QED) is 0.752. The maximum absolute atomic E-state index is 13.7. The highest BCUT2D eigenvalue weighted by Gasteiger charge is 2.14. The minimum Gasteiger partial charge on any atom is -0.497 e. The molecule has 2 aromatic rings. The average molecular weight is 311 g/mol. The largest absolute Gasteiger partial charge is 0.497 e. The van der Waals surface area contributed by atoms with Crippen molar-refractivity contribution in [2.75, 3.05) is 18.2 Å². The molecule has 4 N–H and O–H groups in total. The lowest BCUT2D eigenvalue weighted by Crippen LogP contribution is -2.05. The van der Waals surface area contributed by atoms with Crippen LogP contribution in [0.2, 0.25) is 5.02 Å². The molecule has 2 rings (SSSR count). The number of nitrogens with two attached hydrogens (primary N) is 1. The number of methoxy groups -OCH3 is 1. The summed E-state index contributed by atoms with van der Waals surface area (Å²) in [6, 6.07) is 6.96.